The summed E-state index contributed by atoms with van der Waals surface area (Å²) in [7, 11) is 1.61. The van der Waals surface area contributed by atoms with Crippen molar-refractivity contribution in [3.8, 4) is 5.88 Å². The van der Waals surface area contributed by atoms with Gasteiger partial charge in [0.25, 0.3) is 0 Å². The fourth-order valence-corrected chi connectivity index (χ4v) is 2.11. The van der Waals surface area contributed by atoms with E-state index >= 15 is 0 Å². The van der Waals surface area contributed by atoms with Crippen LogP contribution in [0.3, 0.4) is 0 Å². The fraction of sp³-hybridized carbons (Fsp3) is 0.583. The highest BCUT2D eigenvalue weighted by molar-refractivity contribution is 5.47. The quantitative estimate of drug-likeness (QED) is 0.727. The molecule has 92 valence electrons. The van der Waals surface area contributed by atoms with Crippen molar-refractivity contribution in [1.82, 2.24) is 14.9 Å². The number of nitrogens with zero attached hydrogens (tertiary/aromatic N) is 3. The summed E-state index contributed by atoms with van der Waals surface area (Å²) in [5, 5.41) is 0. The molecule has 5 heteroatoms. The van der Waals surface area contributed by atoms with Crippen molar-refractivity contribution >= 4 is 6.41 Å². The summed E-state index contributed by atoms with van der Waals surface area (Å²) < 4.78 is 5.07. The Balaban J connectivity index is 1.90. The van der Waals surface area contributed by atoms with Crippen LogP contribution in [0, 0.1) is 5.92 Å². The molecule has 0 N–H and O–H groups in total. The molecular formula is C12H17N3O2. The fourth-order valence-electron chi connectivity index (χ4n) is 2.11. The van der Waals surface area contributed by atoms with Gasteiger partial charge in [0, 0.05) is 31.8 Å². The largest absolute Gasteiger partial charge is 0.481 e. The maximum absolute atomic E-state index is 10.6. The van der Waals surface area contributed by atoms with Crippen molar-refractivity contribution in [2.24, 2.45) is 5.92 Å². The number of piperidine rings is 1. The zero-order chi connectivity index (χ0) is 12.1. The van der Waals surface area contributed by atoms with Crippen LogP contribution in [0.4, 0.5) is 0 Å². The smallest absolute Gasteiger partial charge is 0.216 e. The molecule has 0 aliphatic carbocycles. The van der Waals surface area contributed by atoms with Crippen molar-refractivity contribution in [2.45, 2.75) is 19.3 Å². The van der Waals surface area contributed by atoms with Crippen molar-refractivity contribution in [3.63, 3.8) is 0 Å². The van der Waals surface area contributed by atoms with E-state index in [4.69, 9.17) is 4.74 Å². The van der Waals surface area contributed by atoms with Crippen molar-refractivity contribution < 1.29 is 9.53 Å². The summed E-state index contributed by atoms with van der Waals surface area (Å²) in [6, 6.07) is 1.75. The van der Waals surface area contributed by atoms with Gasteiger partial charge in [-0.15, -0.1) is 0 Å². The lowest BCUT2D eigenvalue weighted by Gasteiger charge is -2.28. The third kappa shape index (κ3) is 3.15. The minimum atomic E-state index is 0.568. The van der Waals surface area contributed by atoms with E-state index in [1.54, 1.807) is 19.4 Å². The number of hydrogen-bond acceptors (Lipinski definition) is 4. The Kier molecular flexibility index (Phi) is 3.90. The van der Waals surface area contributed by atoms with Crippen LogP contribution in [-0.2, 0) is 11.2 Å². The van der Waals surface area contributed by atoms with Gasteiger partial charge in [0.15, 0.2) is 0 Å². The Morgan fingerprint density at radius 3 is 2.94 bits per heavy atom. The molecule has 0 saturated carbocycles. The van der Waals surface area contributed by atoms with Crippen LogP contribution in [0.5, 0.6) is 5.88 Å². The summed E-state index contributed by atoms with van der Waals surface area (Å²) in [5.41, 5.74) is 0. The lowest BCUT2D eigenvalue weighted by molar-refractivity contribution is -0.119. The summed E-state index contributed by atoms with van der Waals surface area (Å²) in [5.74, 6) is 2.01. The molecule has 0 radical (unpaired) electrons. The van der Waals surface area contributed by atoms with Crippen LogP contribution >= 0.6 is 0 Å². The molecule has 0 spiro atoms. The zero-order valence-electron chi connectivity index (χ0n) is 10.0. The second-order valence-corrected chi connectivity index (χ2v) is 4.30. The topological polar surface area (TPSA) is 55.3 Å². The van der Waals surface area contributed by atoms with Crippen molar-refractivity contribution in [1.29, 1.82) is 0 Å². The van der Waals surface area contributed by atoms with Gasteiger partial charge < -0.3 is 9.64 Å². The van der Waals surface area contributed by atoms with Gasteiger partial charge in [-0.05, 0) is 18.8 Å². The van der Waals surface area contributed by atoms with E-state index < -0.39 is 0 Å². The standard InChI is InChI=1S/C12H17N3O2/c1-17-12-2-5-13-11(14-12)8-10-3-6-15(9-16)7-4-10/h2,5,9-10H,3-4,6-8H2,1H3. The first-order valence-electron chi connectivity index (χ1n) is 5.87. The lowest BCUT2D eigenvalue weighted by Crippen LogP contribution is -2.33. The predicted octanol–water partition coefficient (Wildman–Crippen LogP) is 0.896. The Labute approximate surface area is 101 Å². The Morgan fingerprint density at radius 1 is 1.53 bits per heavy atom. The molecule has 0 atom stereocenters. The third-order valence-electron chi connectivity index (χ3n) is 3.16. The number of aromatic nitrogens is 2. The minimum absolute atomic E-state index is 0.568. The van der Waals surface area contributed by atoms with E-state index in [0.717, 1.165) is 44.6 Å². The Hall–Kier alpha value is -1.65. The Bertz CT molecular complexity index is 376. The number of carbonyl (C=O) groups excluding carboxylic acids is 1. The molecule has 1 saturated heterocycles. The molecule has 1 fully saturated rings. The molecule has 1 aliphatic rings. The number of amides is 1. The zero-order valence-corrected chi connectivity index (χ0v) is 10.0. The maximum atomic E-state index is 10.6. The lowest BCUT2D eigenvalue weighted by atomic mass is 9.93. The molecule has 0 bridgehead atoms. The number of likely N-dealkylation sites (tertiary alicyclic amines) is 1. The molecule has 0 unspecified atom stereocenters. The highest BCUT2D eigenvalue weighted by atomic mass is 16.5. The molecule has 1 aromatic rings. The van der Waals surface area contributed by atoms with Gasteiger partial charge in [-0.2, -0.15) is 4.98 Å². The highest BCUT2D eigenvalue weighted by Crippen LogP contribution is 2.20. The third-order valence-corrected chi connectivity index (χ3v) is 3.16. The molecule has 2 heterocycles. The summed E-state index contributed by atoms with van der Waals surface area (Å²) >= 11 is 0. The number of methoxy groups -OCH3 is 1. The first kappa shape index (κ1) is 11.8. The normalized spacial score (nSPS) is 16.9. The van der Waals surface area contributed by atoms with Gasteiger partial charge in [0.05, 0.1) is 7.11 Å². The van der Waals surface area contributed by atoms with Gasteiger partial charge >= 0.3 is 0 Å². The SMILES string of the molecule is COc1ccnc(CC2CCN(C=O)CC2)n1. The van der Waals surface area contributed by atoms with Gasteiger partial charge in [-0.1, -0.05) is 0 Å². The molecule has 0 aromatic carbocycles. The van der Waals surface area contributed by atoms with Gasteiger partial charge in [0.1, 0.15) is 5.82 Å². The van der Waals surface area contributed by atoms with Crippen LogP contribution in [0.15, 0.2) is 12.3 Å². The summed E-state index contributed by atoms with van der Waals surface area (Å²) in [4.78, 5) is 21.0. The molecule has 1 amide bonds. The second kappa shape index (κ2) is 5.61. The van der Waals surface area contributed by atoms with E-state index in [9.17, 15) is 4.79 Å². The van der Waals surface area contributed by atoms with E-state index in [1.165, 1.54) is 0 Å². The van der Waals surface area contributed by atoms with E-state index in [1.807, 2.05) is 4.90 Å². The average Bonchev–Trinajstić information content (AvgIpc) is 2.40. The molecule has 1 aliphatic heterocycles. The Morgan fingerprint density at radius 2 is 2.29 bits per heavy atom. The van der Waals surface area contributed by atoms with Crippen molar-refractivity contribution in [3.05, 3.63) is 18.1 Å². The first-order chi connectivity index (χ1) is 8.31. The number of rotatable bonds is 4. The molecule has 2 rings (SSSR count). The van der Waals surface area contributed by atoms with Gasteiger partial charge in [0.2, 0.25) is 12.3 Å². The van der Waals surface area contributed by atoms with Crippen molar-refractivity contribution in [2.75, 3.05) is 20.2 Å². The number of hydrogen-bond donors (Lipinski definition) is 0. The number of ether oxygens (including phenoxy) is 1. The van der Waals surface area contributed by atoms with Gasteiger partial charge in [-0.25, -0.2) is 4.98 Å². The van der Waals surface area contributed by atoms with E-state index in [-0.39, 0.29) is 0 Å². The first-order valence-corrected chi connectivity index (χ1v) is 5.87. The molecular weight excluding hydrogens is 218 g/mol. The van der Waals surface area contributed by atoms with Crippen LogP contribution in [0.2, 0.25) is 0 Å². The molecule has 1 aromatic heterocycles. The van der Waals surface area contributed by atoms with Crippen LogP contribution in [0.25, 0.3) is 0 Å². The highest BCUT2D eigenvalue weighted by Gasteiger charge is 2.19. The predicted molar refractivity (Wildman–Crippen MR) is 62.6 cm³/mol. The van der Waals surface area contributed by atoms with Gasteiger partial charge in [-0.3, -0.25) is 4.79 Å². The maximum Gasteiger partial charge on any atom is 0.216 e. The van der Waals surface area contributed by atoms with Crippen LogP contribution in [0.1, 0.15) is 18.7 Å². The second-order valence-electron chi connectivity index (χ2n) is 4.30. The minimum Gasteiger partial charge on any atom is -0.481 e. The van der Waals surface area contributed by atoms with E-state index in [2.05, 4.69) is 9.97 Å². The number of carbonyl (C=O) groups is 1. The van der Waals surface area contributed by atoms with Crippen LogP contribution in [-0.4, -0.2) is 41.5 Å². The molecule has 17 heavy (non-hydrogen) atoms. The average molecular weight is 235 g/mol. The van der Waals surface area contributed by atoms with E-state index in [0.29, 0.717) is 11.8 Å². The summed E-state index contributed by atoms with van der Waals surface area (Å²) in [6.07, 6.45) is 5.57. The molecule has 5 nitrogen and oxygen atoms in total. The monoisotopic (exact) mass is 235 g/mol. The van der Waals surface area contributed by atoms with Crippen LogP contribution < -0.4 is 4.74 Å². The summed E-state index contributed by atoms with van der Waals surface area (Å²) in [6.45, 7) is 1.69.